The Morgan fingerprint density at radius 3 is 2.59 bits per heavy atom. The highest BCUT2D eigenvalue weighted by atomic mass is 79.9. The summed E-state index contributed by atoms with van der Waals surface area (Å²) in [6.07, 6.45) is 0.754. The van der Waals surface area contributed by atoms with Gasteiger partial charge < -0.3 is 20.1 Å². The zero-order valence-electron chi connectivity index (χ0n) is 16.6. The number of hydrogen-bond donors (Lipinski definition) is 2. The Balaban J connectivity index is 1.56. The molecule has 0 unspecified atom stereocenters. The molecule has 0 bridgehead atoms. The third-order valence-corrected chi connectivity index (χ3v) is 5.10. The topological polar surface area (TPSA) is 62.8 Å². The van der Waals surface area contributed by atoms with Crippen molar-refractivity contribution in [2.24, 2.45) is 0 Å². The first-order chi connectivity index (χ1) is 12.9. The molecular weight excluding hydrogens is 410 g/mol. The molecule has 0 aromatic heterocycles. The van der Waals surface area contributed by atoms with E-state index in [1.807, 2.05) is 6.07 Å². The first-order valence-electron chi connectivity index (χ1n) is 9.61. The van der Waals surface area contributed by atoms with Crippen LogP contribution in [-0.2, 0) is 10.2 Å². The van der Waals surface area contributed by atoms with E-state index in [4.69, 9.17) is 9.47 Å². The number of morpholine rings is 1. The van der Waals surface area contributed by atoms with E-state index in [1.54, 1.807) is 0 Å². The van der Waals surface area contributed by atoms with E-state index in [0.717, 1.165) is 49.5 Å². The second kappa shape index (κ2) is 10.9. The van der Waals surface area contributed by atoms with Crippen molar-refractivity contribution in [3.05, 3.63) is 28.2 Å². The number of carbonyl (C=O) groups excluding carboxylic acids is 1. The molecule has 1 heterocycles. The summed E-state index contributed by atoms with van der Waals surface area (Å²) >= 11 is 3.58. The van der Waals surface area contributed by atoms with Crippen LogP contribution in [0, 0.1) is 0 Å². The van der Waals surface area contributed by atoms with Crippen LogP contribution in [0.15, 0.2) is 22.7 Å². The maximum Gasteiger partial charge on any atom is 0.314 e. The number of halogens is 1. The fourth-order valence-corrected chi connectivity index (χ4v) is 3.25. The lowest BCUT2D eigenvalue weighted by atomic mass is 9.87. The molecule has 0 radical (unpaired) electrons. The van der Waals surface area contributed by atoms with Crippen LogP contribution in [0.5, 0.6) is 5.75 Å². The summed E-state index contributed by atoms with van der Waals surface area (Å²) in [6, 6.07) is 6.07. The van der Waals surface area contributed by atoms with Gasteiger partial charge in [0.2, 0.25) is 0 Å². The maximum absolute atomic E-state index is 11.8. The number of hydrogen-bond acceptors (Lipinski definition) is 4. The van der Waals surface area contributed by atoms with Crippen LogP contribution in [0.4, 0.5) is 4.79 Å². The van der Waals surface area contributed by atoms with Gasteiger partial charge in [-0.3, -0.25) is 4.90 Å². The summed E-state index contributed by atoms with van der Waals surface area (Å²) in [5, 5.41) is 5.75. The Morgan fingerprint density at radius 2 is 1.93 bits per heavy atom. The Bertz CT molecular complexity index is 599. The van der Waals surface area contributed by atoms with Crippen LogP contribution < -0.4 is 15.4 Å². The van der Waals surface area contributed by atoms with Crippen molar-refractivity contribution in [3.63, 3.8) is 0 Å². The number of nitrogens with one attached hydrogen (secondary N) is 2. The number of nitrogens with zero attached hydrogens (tertiary/aromatic N) is 1. The molecule has 1 fully saturated rings. The summed E-state index contributed by atoms with van der Waals surface area (Å²) in [7, 11) is 0. The summed E-state index contributed by atoms with van der Waals surface area (Å²) in [5.74, 6) is 0.831. The van der Waals surface area contributed by atoms with E-state index in [0.29, 0.717) is 19.7 Å². The number of amides is 2. The smallest absolute Gasteiger partial charge is 0.314 e. The van der Waals surface area contributed by atoms with Crippen molar-refractivity contribution < 1.29 is 14.3 Å². The summed E-state index contributed by atoms with van der Waals surface area (Å²) in [4.78, 5) is 14.1. The highest BCUT2D eigenvalue weighted by Gasteiger charge is 2.15. The normalized spacial score (nSPS) is 15.4. The highest BCUT2D eigenvalue weighted by molar-refractivity contribution is 9.10. The van der Waals surface area contributed by atoms with Crippen molar-refractivity contribution in [1.82, 2.24) is 15.5 Å². The van der Waals surface area contributed by atoms with Crippen LogP contribution in [0.1, 0.15) is 32.8 Å². The number of carbonyl (C=O) groups is 1. The number of ether oxygens (including phenoxy) is 2. The van der Waals surface area contributed by atoms with E-state index in [9.17, 15) is 4.79 Å². The molecule has 1 aliphatic rings. The monoisotopic (exact) mass is 441 g/mol. The fraction of sp³-hybridized carbons (Fsp3) is 0.650. The van der Waals surface area contributed by atoms with Gasteiger partial charge in [0.25, 0.3) is 0 Å². The fourth-order valence-electron chi connectivity index (χ4n) is 2.76. The lowest BCUT2D eigenvalue weighted by Gasteiger charge is -2.26. The molecule has 0 saturated carbocycles. The van der Waals surface area contributed by atoms with Crippen molar-refractivity contribution in [2.75, 3.05) is 52.5 Å². The van der Waals surface area contributed by atoms with Crippen molar-refractivity contribution >= 4 is 22.0 Å². The standard InChI is InChI=1S/C20H32BrN3O3/c1-20(2,3)16-5-6-18(17(21)15-16)27-12-4-7-22-19(25)23-8-9-24-10-13-26-14-11-24/h5-6,15H,4,7-14H2,1-3H3,(H2,22,23,25). The molecule has 6 nitrogen and oxygen atoms in total. The lowest BCUT2D eigenvalue weighted by Crippen LogP contribution is -2.44. The minimum atomic E-state index is -0.126. The number of rotatable bonds is 8. The summed E-state index contributed by atoms with van der Waals surface area (Å²) in [5.41, 5.74) is 1.37. The van der Waals surface area contributed by atoms with Gasteiger partial charge in [-0.25, -0.2) is 4.79 Å². The van der Waals surface area contributed by atoms with E-state index in [2.05, 4.69) is 64.4 Å². The molecular formula is C20H32BrN3O3. The third kappa shape index (κ3) is 8.07. The van der Waals surface area contributed by atoms with Crippen LogP contribution in [0.2, 0.25) is 0 Å². The predicted molar refractivity (Wildman–Crippen MR) is 112 cm³/mol. The largest absolute Gasteiger partial charge is 0.492 e. The van der Waals surface area contributed by atoms with Gasteiger partial charge in [0.15, 0.2) is 0 Å². The van der Waals surface area contributed by atoms with Crippen LogP contribution in [0.25, 0.3) is 0 Å². The average Bonchev–Trinajstić information content (AvgIpc) is 2.62. The molecule has 1 saturated heterocycles. The zero-order chi connectivity index (χ0) is 19.7. The van der Waals surface area contributed by atoms with Gasteiger partial charge in [-0.15, -0.1) is 0 Å². The zero-order valence-corrected chi connectivity index (χ0v) is 18.2. The van der Waals surface area contributed by atoms with Gasteiger partial charge in [0.1, 0.15) is 5.75 Å². The van der Waals surface area contributed by atoms with Crippen LogP contribution >= 0.6 is 15.9 Å². The van der Waals surface area contributed by atoms with Crippen molar-refractivity contribution in [2.45, 2.75) is 32.6 Å². The molecule has 1 aromatic carbocycles. The highest BCUT2D eigenvalue weighted by Crippen LogP contribution is 2.31. The van der Waals surface area contributed by atoms with E-state index >= 15 is 0 Å². The van der Waals surface area contributed by atoms with Gasteiger partial charge in [0, 0.05) is 32.7 Å². The third-order valence-electron chi connectivity index (χ3n) is 4.48. The van der Waals surface area contributed by atoms with Crippen LogP contribution in [0.3, 0.4) is 0 Å². The van der Waals surface area contributed by atoms with Crippen molar-refractivity contribution in [3.8, 4) is 5.75 Å². The Hall–Kier alpha value is -1.31. The molecule has 7 heteroatoms. The Morgan fingerprint density at radius 1 is 1.22 bits per heavy atom. The van der Waals surface area contributed by atoms with Crippen molar-refractivity contribution in [1.29, 1.82) is 0 Å². The molecule has 1 aliphatic heterocycles. The summed E-state index contributed by atoms with van der Waals surface area (Å²) in [6.45, 7) is 12.6. The molecule has 1 aromatic rings. The minimum Gasteiger partial charge on any atom is -0.492 e. The molecule has 0 aliphatic carbocycles. The lowest BCUT2D eigenvalue weighted by molar-refractivity contribution is 0.0387. The quantitative estimate of drug-likeness (QED) is 0.608. The summed E-state index contributed by atoms with van der Waals surface area (Å²) < 4.78 is 12.1. The Labute approximate surface area is 171 Å². The minimum absolute atomic E-state index is 0.111. The van der Waals surface area contributed by atoms with Crippen LogP contribution in [-0.4, -0.2) is 63.5 Å². The maximum atomic E-state index is 11.8. The Kier molecular flexibility index (Phi) is 8.86. The first-order valence-corrected chi connectivity index (χ1v) is 10.4. The van der Waals surface area contributed by atoms with Gasteiger partial charge in [0.05, 0.1) is 24.3 Å². The van der Waals surface area contributed by atoms with Gasteiger partial charge in [-0.05, 0) is 45.5 Å². The molecule has 2 N–H and O–H groups in total. The second-order valence-electron chi connectivity index (χ2n) is 7.73. The average molecular weight is 442 g/mol. The molecule has 2 rings (SSSR count). The SMILES string of the molecule is CC(C)(C)c1ccc(OCCCNC(=O)NCCN2CCOCC2)c(Br)c1. The van der Waals surface area contributed by atoms with E-state index in [1.165, 1.54) is 5.56 Å². The molecule has 27 heavy (non-hydrogen) atoms. The number of urea groups is 1. The molecule has 2 amide bonds. The predicted octanol–water partition coefficient (Wildman–Crippen LogP) is 3.15. The second-order valence-corrected chi connectivity index (χ2v) is 8.59. The van der Waals surface area contributed by atoms with E-state index < -0.39 is 0 Å². The molecule has 152 valence electrons. The molecule has 0 spiro atoms. The van der Waals surface area contributed by atoms with Gasteiger partial charge >= 0.3 is 6.03 Å². The van der Waals surface area contributed by atoms with Gasteiger partial charge in [-0.1, -0.05) is 26.8 Å². The van der Waals surface area contributed by atoms with E-state index in [-0.39, 0.29) is 11.4 Å². The first kappa shape index (κ1) is 22.0. The van der Waals surface area contributed by atoms with Gasteiger partial charge in [-0.2, -0.15) is 0 Å². The number of benzene rings is 1. The molecule has 0 atom stereocenters.